The summed E-state index contributed by atoms with van der Waals surface area (Å²) in [6.07, 6.45) is 0.799. The quantitative estimate of drug-likeness (QED) is 0.646. The number of carbonyl (C=O) groups excluding carboxylic acids is 1. The molecule has 7 nitrogen and oxygen atoms in total. The van der Waals surface area contributed by atoms with E-state index < -0.39 is 0 Å². The van der Waals surface area contributed by atoms with E-state index in [0.717, 1.165) is 17.0 Å². The van der Waals surface area contributed by atoms with Crippen molar-refractivity contribution < 1.29 is 4.79 Å². The van der Waals surface area contributed by atoms with Crippen LogP contribution in [-0.4, -0.2) is 36.6 Å². The average Bonchev–Trinajstić information content (AvgIpc) is 3.19. The zero-order chi connectivity index (χ0) is 17.8. The second-order valence-corrected chi connectivity index (χ2v) is 7.51. The van der Waals surface area contributed by atoms with Crippen molar-refractivity contribution in [2.45, 2.75) is 18.5 Å². The third-order valence-corrected chi connectivity index (χ3v) is 5.50. The Morgan fingerprint density at radius 1 is 1.32 bits per heavy atom. The zero-order valence-corrected chi connectivity index (χ0v) is 16.0. The van der Waals surface area contributed by atoms with Gasteiger partial charge in [0.1, 0.15) is 5.01 Å². The highest BCUT2D eigenvalue weighted by Crippen LogP contribution is 2.25. The lowest BCUT2D eigenvalue weighted by Crippen LogP contribution is -2.14. The van der Waals surface area contributed by atoms with Gasteiger partial charge in [0.15, 0.2) is 11.0 Å². The fourth-order valence-electron chi connectivity index (χ4n) is 2.05. The van der Waals surface area contributed by atoms with Gasteiger partial charge >= 0.3 is 0 Å². The molecule has 0 aliphatic carbocycles. The Kier molecular flexibility index (Phi) is 5.67. The number of carbonyl (C=O) groups is 1. The van der Waals surface area contributed by atoms with E-state index in [0.29, 0.717) is 21.1 Å². The van der Waals surface area contributed by atoms with Crippen LogP contribution in [0.1, 0.15) is 11.9 Å². The van der Waals surface area contributed by atoms with Gasteiger partial charge in [-0.15, -0.1) is 20.4 Å². The fourth-order valence-corrected chi connectivity index (χ4v) is 3.65. The molecule has 0 spiro atoms. The lowest BCUT2D eigenvalue weighted by molar-refractivity contribution is -0.113. The third kappa shape index (κ3) is 4.36. The molecule has 130 valence electrons. The molecule has 0 aliphatic rings. The summed E-state index contributed by atoms with van der Waals surface area (Å²) in [5.41, 5.74) is 0.875. The van der Waals surface area contributed by atoms with Crippen LogP contribution in [0.3, 0.4) is 0 Å². The Morgan fingerprint density at radius 2 is 2.16 bits per heavy atom. The number of hydrogen-bond acceptors (Lipinski definition) is 7. The van der Waals surface area contributed by atoms with E-state index in [9.17, 15) is 4.79 Å². The lowest BCUT2D eigenvalue weighted by atomic mass is 10.2. The zero-order valence-electron chi connectivity index (χ0n) is 13.6. The standard InChI is InChI=1S/C15H15ClN6OS2/c1-3-12-18-20-14(25-12)17-11(23)8-24-15-21-19-13(22(15)2)9-5-4-6-10(16)7-9/h4-7H,3,8H2,1-2H3,(H,17,20,23). The Balaban J connectivity index is 1.63. The molecular formula is C15H15ClN6OS2. The highest BCUT2D eigenvalue weighted by Gasteiger charge is 2.14. The highest BCUT2D eigenvalue weighted by atomic mass is 35.5. The van der Waals surface area contributed by atoms with Crippen molar-refractivity contribution in [2.75, 3.05) is 11.1 Å². The Bertz CT molecular complexity index is 894. The number of rotatable bonds is 6. The first-order valence-corrected chi connectivity index (χ1v) is 9.65. The molecule has 3 aromatic rings. The van der Waals surface area contributed by atoms with Crippen LogP contribution in [0.25, 0.3) is 11.4 Å². The van der Waals surface area contributed by atoms with Gasteiger partial charge in [-0.05, 0) is 18.6 Å². The summed E-state index contributed by atoms with van der Waals surface area (Å²) in [5.74, 6) is 0.751. The number of nitrogens with one attached hydrogen (secondary N) is 1. The Morgan fingerprint density at radius 3 is 2.88 bits per heavy atom. The van der Waals surface area contributed by atoms with E-state index in [1.54, 1.807) is 6.07 Å². The minimum atomic E-state index is -0.156. The van der Waals surface area contributed by atoms with Crippen molar-refractivity contribution in [3.8, 4) is 11.4 Å². The van der Waals surface area contributed by atoms with Crippen molar-refractivity contribution in [1.29, 1.82) is 0 Å². The largest absolute Gasteiger partial charge is 0.305 e. The number of thioether (sulfide) groups is 1. The Labute approximate surface area is 157 Å². The minimum Gasteiger partial charge on any atom is -0.305 e. The third-order valence-electron chi connectivity index (χ3n) is 3.27. The van der Waals surface area contributed by atoms with E-state index in [-0.39, 0.29) is 11.7 Å². The molecule has 1 amide bonds. The maximum absolute atomic E-state index is 12.0. The van der Waals surface area contributed by atoms with Crippen molar-refractivity contribution in [1.82, 2.24) is 25.0 Å². The molecule has 0 aliphatic heterocycles. The molecule has 0 radical (unpaired) electrons. The van der Waals surface area contributed by atoms with Gasteiger partial charge in [-0.1, -0.05) is 53.8 Å². The van der Waals surface area contributed by atoms with Gasteiger partial charge in [-0.2, -0.15) is 0 Å². The molecule has 2 heterocycles. The van der Waals surface area contributed by atoms with Crippen molar-refractivity contribution in [3.05, 3.63) is 34.3 Å². The summed E-state index contributed by atoms with van der Waals surface area (Å²) in [6, 6.07) is 7.41. The molecule has 0 fully saturated rings. The number of anilines is 1. The summed E-state index contributed by atoms with van der Waals surface area (Å²) in [5, 5.41) is 21.7. The SMILES string of the molecule is CCc1nnc(NC(=O)CSc2nnc(-c3cccc(Cl)c3)n2C)s1. The molecule has 0 saturated carbocycles. The van der Waals surface area contributed by atoms with Gasteiger partial charge in [0.25, 0.3) is 0 Å². The van der Waals surface area contributed by atoms with Crippen LogP contribution in [-0.2, 0) is 18.3 Å². The average molecular weight is 395 g/mol. The molecule has 0 atom stereocenters. The first kappa shape index (κ1) is 17.8. The fraction of sp³-hybridized carbons (Fsp3) is 0.267. The van der Waals surface area contributed by atoms with Crippen LogP contribution in [0.15, 0.2) is 29.4 Å². The van der Waals surface area contributed by atoms with E-state index in [1.165, 1.54) is 23.1 Å². The number of aryl methyl sites for hydroxylation is 1. The normalized spacial score (nSPS) is 10.8. The highest BCUT2D eigenvalue weighted by molar-refractivity contribution is 7.99. The van der Waals surface area contributed by atoms with Crippen molar-refractivity contribution in [2.24, 2.45) is 7.05 Å². The predicted octanol–water partition coefficient (Wildman–Crippen LogP) is 3.28. The van der Waals surface area contributed by atoms with E-state index in [4.69, 9.17) is 11.6 Å². The molecular weight excluding hydrogens is 380 g/mol. The number of halogens is 1. The number of amides is 1. The molecule has 0 saturated heterocycles. The van der Waals surface area contributed by atoms with Gasteiger partial charge < -0.3 is 4.57 Å². The van der Waals surface area contributed by atoms with E-state index >= 15 is 0 Å². The maximum Gasteiger partial charge on any atom is 0.236 e. The van der Waals surface area contributed by atoms with Gasteiger partial charge in [-0.3, -0.25) is 10.1 Å². The van der Waals surface area contributed by atoms with Gasteiger partial charge in [-0.25, -0.2) is 0 Å². The molecule has 1 aromatic carbocycles. The number of benzene rings is 1. The van der Waals surface area contributed by atoms with Crippen LogP contribution in [0.5, 0.6) is 0 Å². The molecule has 25 heavy (non-hydrogen) atoms. The van der Waals surface area contributed by atoms with Crippen LogP contribution in [0.2, 0.25) is 5.02 Å². The molecule has 0 bridgehead atoms. The van der Waals surface area contributed by atoms with Crippen LogP contribution < -0.4 is 5.32 Å². The second kappa shape index (κ2) is 7.94. The summed E-state index contributed by atoms with van der Waals surface area (Å²) in [4.78, 5) is 12.0. The van der Waals surface area contributed by atoms with Crippen molar-refractivity contribution >= 4 is 45.7 Å². The molecule has 10 heteroatoms. The van der Waals surface area contributed by atoms with Crippen LogP contribution in [0, 0.1) is 0 Å². The van der Waals surface area contributed by atoms with E-state index in [2.05, 4.69) is 25.7 Å². The smallest absolute Gasteiger partial charge is 0.236 e. The van der Waals surface area contributed by atoms with Gasteiger partial charge in [0.2, 0.25) is 11.0 Å². The molecule has 1 N–H and O–H groups in total. The van der Waals surface area contributed by atoms with Gasteiger partial charge in [0, 0.05) is 17.6 Å². The summed E-state index contributed by atoms with van der Waals surface area (Å²) >= 11 is 8.71. The lowest BCUT2D eigenvalue weighted by Gasteiger charge is -2.04. The first-order chi connectivity index (χ1) is 12.1. The number of nitrogens with zero attached hydrogens (tertiary/aromatic N) is 5. The number of aromatic nitrogens is 5. The van der Waals surface area contributed by atoms with Crippen LogP contribution >= 0.6 is 34.7 Å². The molecule has 0 unspecified atom stereocenters. The molecule has 2 aromatic heterocycles. The predicted molar refractivity (Wildman–Crippen MR) is 100 cm³/mol. The topological polar surface area (TPSA) is 85.6 Å². The summed E-state index contributed by atoms with van der Waals surface area (Å²) in [7, 11) is 1.86. The first-order valence-electron chi connectivity index (χ1n) is 7.47. The van der Waals surface area contributed by atoms with Crippen molar-refractivity contribution in [3.63, 3.8) is 0 Å². The number of hydrogen-bond donors (Lipinski definition) is 1. The second-order valence-electron chi connectivity index (χ2n) is 5.07. The maximum atomic E-state index is 12.0. The van der Waals surface area contributed by atoms with Gasteiger partial charge in [0.05, 0.1) is 5.75 Å². The minimum absolute atomic E-state index is 0.156. The summed E-state index contributed by atoms with van der Waals surface area (Å²) < 4.78 is 1.84. The van der Waals surface area contributed by atoms with Crippen LogP contribution in [0.4, 0.5) is 5.13 Å². The summed E-state index contributed by atoms with van der Waals surface area (Å²) in [6.45, 7) is 1.99. The Hall–Kier alpha value is -1.97. The monoisotopic (exact) mass is 394 g/mol. The molecule has 3 rings (SSSR count). The van der Waals surface area contributed by atoms with E-state index in [1.807, 2.05) is 36.7 Å².